The first-order chi connectivity index (χ1) is 11.5. The quantitative estimate of drug-likeness (QED) is 0.714. The number of aryl methyl sites for hydroxylation is 1. The maximum absolute atomic E-state index is 13.2. The molecule has 0 bridgehead atoms. The first kappa shape index (κ1) is 16.2. The molecule has 0 aliphatic rings. The summed E-state index contributed by atoms with van der Waals surface area (Å²) in [5, 5.41) is 4.24. The van der Waals surface area contributed by atoms with Gasteiger partial charge in [0, 0.05) is 13.2 Å². The van der Waals surface area contributed by atoms with Gasteiger partial charge in [0.1, 0.15) is 5.82 Å². The Kier molecular flexibility index (Phi) is 4.35. The molecular weight excluding hydrogens is 329 g/mol. The predicted molar refractivity (Wildman–Crippen MR) is 89.4 cm³/mol. The Bertz CT molecular complexity index is 922. The number of aromatic nitrogens is 2. The molecular formula is C17H16FN3O2S. The maximum Gasteiger partial charge on any atom is 0.264 e. The number of nitrogens with zero attached hydrogens (tertiary/aromatic N) is 3. The van der Waals surface area contributed by atoms with Crippen LogP contribution in [0, 0.1) is 5.82 Å². The predicted octanol–water partition coefficient (Wildman–Crippen LogP) is 2.95. The molecule has 3 aromatic rings. The third-order valence-electron chi connectivity index (χ3n) is 3.52. The average Bonchev–Trinajstić information content (AvgIpc) is 2.99. The van der Waals surface area contributed by atoms with Gasteiger partial charge in [-0.2, -0.15) is 5.10 Å². The van der Waals surface area contributed by atoms with Crippen molar-refractivity contribution in [2.45, 2.75) is 11.4 Å². The van der Waals surface area contributed by atoms with E-state index in [1.807, 2.05) is 0 Å². The second-order valence-corrected chi connectivity index (χ2v) is 7.14. The van der Waals surface area contributed by atoms with E-state index in [9.17, 15) is 12.8 Å². The largest absolute Gasteiger partial charge is 0.275 e. The van der Waals surface area contributed by atoms with Gasteiger partial charge in [-0.05, 0) is 42.5 Å². The van der Waals surface area contributed by atoms with Crippen LogP contribution in [0.3, 0.4) is 0 Å². The van der Waals surface area contributed by atoms with Gasteiger partial charge in [-0.15, -0.1) is 0 Å². The van der Waals surface area contributed by atoms with E-state index in [0.717, 1.165) is 0 Å². The Balaban J connectivity index is 2.06. The Morgan fingerprint density at radius 2 is 1.71 bits per heavy atom. The van der Waals surface area contributed by atoms with E-state index in [-0.39, 0.29) is 11.4 Å². The minimum absolute atomic E-state index is 0.0592. The molecule has 124 valence electrons. The van der Waals surface area contributed by atoms with E-state index < -0.39 is 15.8 Å². The Morgan fingerprint density at radius 1 is 1.04 bits per heavy atom. The van der Waals surface area contributed by atoms with Crippen molar-refractivity contribution in [1.82, 2.24) is 9.78 Å². The van der Waals surface area contributed by atoms with Gasteiger partial charge >= 0.3 is 0 Å². The molecule has 0 radical (unpaired) electrons. The molecule has 1 aromatic heterocycles. The van der Waals surface area contributed by atoms with Crippen molar-refractivity contribution in [2.24, 2.45) is 7.05 Å². The summed E-state index contributed by atoms with van der Waals surface area (Å²) in [6, 6.07) is 15.2. The highest BCUT2D eigenvalue weighted by atomic mass is 32.2. The molecule has 0 aliphatic heterocycles. The van der Waals surface area contributed by atoms with Crippen LogP contribution >= 0.6 is 0 Å². The number of benzene rings is 2. The molecule has 3 rings (SSSR count). The van der Waals surface area contributed by atoms with Crippen molar-refractivity contribution in [3.05, 3.63) is 78.4 Å². The number of hydrogen-bond donors (Lipinski definition) is 0. The Labute approximate surface area is 140 Å². The minimum Gasteiger partial charge on any atom is -0.275 e. The fraction of sp³-hybridized carbons (Fsp3) is 0.118. The lowest BCUT2D eigenvalue weighted by Crippen LogP contribution is -2.30. The van der Waals surface area contributed by atoms with Crippen molar-refractivity contribution >= 4 is 15.7 Å². The minimum atomic E-state index is -3.79. The SMILES string of the molecule is Cn1ccc(CN(c2ccc(F)cc2)S(=O)(=O)c2ccccc2)n1. The van der Waals surface area contributed by atoms with E-state index in [1.165, 1.54) is 40.7 Å². The number of sulfonamides is 1. The zero-order valence-corrected chi connectivity index (χ0v) is 13.8. The van der Waals surface area contributed by atoms with Gasteiger partial charge in [-0.3, -0.25) is 8.99 Å². The van der Waals surface area contributed by atoms with Gasteiger partial charge in [0.25, 0.3) is 10.0 Å². The van der Waals surface area contributed by atoms with E-state index in [0.29, 0.717) is 11.4 Å². The second-order valence-electron chi connectivity index (χ2n) is 5.28. The highest BCUT2D eigenvalue weighted by Crippen LogP contribution is 2.25. The summed E-state index contributed by atoms with van der Waals surface area (Å²) < 4.78 is 42.1. The summed E-state index contributed by atoms with van der Waals surface area (Å²) in [7, 11) is -2.03. The number of halogens is 1. The first-order valence-electron chi connectivity index (χ1n) is 7.29. The molecule has 0 spiro atoms. The number of rotatable bonds is 5. The highest BCUT2D eigenvalue weighted by Gasteiger charge is 2.25. The topological polar surface area (TPSA) is 55.2 Å². The fourth-order valence-corrected chi connectivity index (χ4v) is 3.79. The molecule has 0 saturated carbocycles. The van der Waals surface area contributed by atoms with Crippen LogP contribution in [0.2, 0.25) is 0 Å². The normalized spacial score (nSPS) is 11.4. The standard InChI is InChI=1S/C17H16FN3O2S/c1-20-12-11-15(19-20)13-21(16-9-7-14(18)8-10-16)24(22,23)17-5-3-2-4-6-17/h2-12H,13H2,1H3. The van der Waals surface area contributed by atoms with Gasteiger partial charge in [-0.1, -0.05) is 18.2 Å². The van der Waals surface area contributed by atoms with Crippen LogP contribution in [-0.4, -0.2) is 18.2 Å². The van der Waals surface area contributed by atoms with Gasteiger partial charge in [0.15, 0.2) is 0 Å². The van der Waals surface area contributed by atoms with Crippen LogP contribution in [0.4, 0.5) is 10.1 Å². The lowest BCUT2D eigenvalue weighted by atomic mass is 10.3. The molecule has 0 saturated heterocycles. The molecule has 0 atom stereocenters. The van der Waals surface area contributed by atoms with Gasteiger partial charge in [0.05, 0.1) is 22.8 Å². The summed E-state index contributed by atoms with van der Waals surface area (Å²) in [4.78, 5) is 0.172. The van der Waals surface area contributed by atoms with Crippen LogP contribution in [0.5, 0.6) is 0 Å². The molecule has 2 aromatic carbocycles. The molecule has 1 heterocycles. The number of hydrogen-bond acceptors (Lipinski definition) is 3. The number of anilines is 1. The highest BCUT2D eigenvalue weighted by molar-refractivity contribution is 7.92. The van der Waals surface area contributed by atoms with E-state index in [4.69, 9.17) is 0 Å². The van der Waals surface area contributed by atoms with Crippen LogP contribution in [0.1, 0.15) is 5.69 Å². The second kappa shape index (κ2) is 6.45. The Morgan fingerprint density at radius 3 is 2.29 bits per heavy atom. The van der Waals surface area contributed by atoms with Crippen molar-refractivity contribution in [1.29, 1.82) is 0 Å². The Hall–Kier alpha value is -2.67. The molecule has 0 unspecified atom stereocenters. The summed E-state index contributed by atoms with van der Waals surface area (Å²) in [5.41, 5.74) is 0.979. The van der Waals surface area contributed by atoms with Gasteiger partial charge in [-0.25, -0.2) is 12.8 Å². The summed E-state index contributed by atoms with van der Waals surface area (Å²) in [5.74, 6) is -0.423. The third-order valence-corrected chi connectivity index (χ3v) is 5.31. The zero-order chi connectivity index (χ0) is 17.2. The van der Waals surface area contributed by atoms with Crippen molar-refractivity contribution in [3.63, 3.8) is 0 Å². The monoisotopic (exact) mass is 345 g/mol. The summed E-state index contributed by atoms with van der Waals surface area (Å²) >= 11 is 0. The van der Waals surface area contributed by atoms with Gasteiger partial charge < -0.3 is 0 Å². The van der Waals surface area contributed by atoms with E-state index in [2.05, 4.69) is 5.10 Å². The lowest BCUT2D eigenvalue weighted by Gasteiger charge is -2.23. The molecule has 5 nitrogen and oxygen atoms in total. The maximum atomic E-state index is 13.2. The lowest BCUT2D eigenvalue weighted by molar-refractivity contribution is 0.589. The van der Waals surface area contributed by atoms with Crippen LogP contribution in [-0.2, 0) is 23.6 Å². The van der Waals surface area contributed by atoms with Gasteiger partial charge in [0.2, 0.25) is 0 Å². The molecule has 24 heavy (non-hydrogen) atoms. The zero-order valence-electron chi connectivity index (χ0n) is 13.0. The molecule has 0 amide bonds. The first-order valence-corrected chi connectivity index (χ1v) is 8.73. The van der Waals surface area contributed by atoms with Crippen molar-refractivity contribution in [3.8, 4) is 0 Å². The van der Waals surface area contributed by atoms with Crippen LogP contribution < -0.4 is 4.31 Å². The average molecular weight is 345 g/mol. The molecule has 0 aliphatic carbocycles. The molecule has 0 N–H and O–H groups in total. The van der Waals surface area contributed by atoms with Crippen LogP contribution in [0.15, 0.2) is 71.8 Å². The smallest absolute Gasteiger partial charge is 0.264 e. The van der Waals surface area contributed by atoms with Crippen LogP contribution in [0.25, 0.3) is 0 Å². The molecule has 0 fully saturated rings. The third kappa shape index (κ3) is 3.30. The van der Waals surface area contributed by atoms with E-state index in [1.54, 1.807) is 42.2 Å². The van der Waals surface area contributed by atoms with E-state index >= 15 is 0 Å². The fourth-order valence-electron chi connectivity index (χ4n) is 2.34. The summed E-state index contributed by atoms with van der Waals surface area (Å²) in [6.07, 6.45) is 1.74. The van der Waals surface area contributed by atoms with Crippen molar-refractivity contribution < 1.29 is 12.8 Å². The molecule has 7 heteroatoms. The summed E-state index contributed by atoms with van der Waals surface area (Å²) in [6.45, 7) is 0.0592. The van der Waals surface area contributed by atoms with Crippen molar-refractivity contribution in [2.75, 3.05) is 4.31 Å².